The molecule has 0 atom stereocenters. The van der Waals surface area contributed by atoms with Crippen molar-refractivity contribution in [2.75, 3.05) is 26.8 Å². The molecule has 0 radical (unpaired) electrons. The number of carbonyl (C=O) groups is 1. The molecule has 0 spiro atoms. The first-order valence-corrected chi connectivity index (χ1v) is 8.29. The van der Waals surface area contributed by atoms with Crippen LogP contribution in [0.15, 0.2) is 30.3 Å². The number of rotatable bonds is 5. The van der Waals surface area contributed by atoms with Gasteiger partial charge in [0, 0.05) is 13.2 Å². The van der Waals surface area contributed by atoms with Crippen molar-refractivity contribution in [3.63, 3.8) is 0 Å². The van der Waals surface area contributed by atoms with Gasteiger partial charge in [-0.05, 0) is 50.3 Å². The molecule has 2 N–H and O–H groups in total. The Hall–Kier alpha value is -1.39. The minimum atomic E-state index is -0.335. The number of ether oxygens (including phenoxy) is 1. The maximum Gasteiger partial charge on any atom is 0.228 e. The highest BCUT2D eigenvalue weighted by atomic mass is 16.5. The predicted molar refractivity (Wildman–Crippen MR) is 86.8 cm³/mol. The summed E-state index contributed by atoms with van der Waals surface area (Å²) in [6, 6.07) is 10.9. The Bertz CT molecular complexity index is 486. The van der Waals surface area contributed by atoms with Gasteiger partial charge in [-0.1, -0.05) is 30.3 Å². The van der Waals surface area contributed by atoms with Crippen molar-refractivity contribution < 1.29 is 9.53 Å². The third-order valence-corrected chi connectivity index (χ3v) is 5.21. The van der Waals surface area contributed by atoms with Crippen LogP contribution in [0.1, 0.15) is 37.2 Å². The third-order valence-electron chi connectivity index (χ3n) is 5.21. The van der Waals surface area contributed by atoms with Crippen LogP contribution in [0.2, 0.25) is 0 Å². The van der Waals surface area contributed by atoms with Gasteiger partial charge >= 0.3 is 0 Å². The number of carbonyl (C=O) groups excluding carboxylic acids is 1. The Labute approximate surface area is 132 Å². The summed E-state index contributed by atoms with van der Waals surface area (Å²) in [6.07, 6.45) is 3.83. The van der Waals surface area contributed by atoms with Gasteiger partial charge < -0.3 is 15.4 Å². The zero-order chi connectivity index (χ0) is 15.4. The average molecular weight is 302 g/mol. The number of methoxy groups -OCH3 is 1. The normalized spacial score (nSPS) is 27.0. The van der Waals surface area contributed by atoms with E-state index in [0.29, 0.717) is 18.6 Å². The summed E-state index contributed by atoms with van der Waals surface area (Å²) in [5.41, 5.74) is 1.05. The smallest absolute Gasteiger partial charge is 0.228 e. The minimum Gasteiger partial charge on any atom is -0.384 e. The van der Waals surface area contributed by atoms with Crippen molar-refractivity contribution in [3.05, 3.63) is 35.9 Å². The summed E-state index contributed by atoms with van der Waals surface area (Å²) in [5.74, 6) is 0.783. The van der Waals surface area contributed by atoms with Gasteiger partial charge in [0.05, 0.1) is 12.0 Å². The highest BCUT2D eigenvalue weighted by Crippen LogP contribution is 2.38. The van der Waals surface area contributed by atoms with Crippen LogP contribution in [0.4, 0.5) is 0 Å². The van der Waals surface area contributed by atoms with Crippen LogP contribution in [-0.2, 0) is 9.53 Å². The molecule has 2 fully saturated rings. The Morgan fingerprint density at radius 1 is 1.27 bits per heavy atom. The molecule has 0 aromatic heterocycles. The summed E-state index contributed by atoms with van der Waals surface area (Å²) < 4.78 is 5.34. The summed E-state index contributed by atoms with van der Waals surface area (Å²) in [6.45, 7) is 2.32. The lowest BCUT2D eigenvalue weighted by Gasteiger charge is -2.41. The summed E-state index contributed by atoms with van der Waals surface area (Å²) in [5, 5.41) is 6.59. The van der Waals surface area contributed by atoms with Crippen molar-refractivity contribution in [1.82, 2.24) is 10.6 Å². The Balaban J connectivity index is 1.54. The molecule has 1 amide bonds. The fourth-order valence-corrected chi connectivity index (χ4v) is 3.69. The van der Waals surface area contributed by atoms with E-state index in [1.54, 1.807) is 7.11 Å². The van der Waals surface area contributed by atoms with Crippen LogP contribution >= 0.6 is 0 Å². The lowest BCUT2D eigenvalue weighted by molar-refractivity contribution is -0.137. The minimum absolute atomic E-state index is 0.187. The molecule has 1 aromatic rings. The first-order valence-electron chi connectivity index (χ1n) is 8.29. The Morgan fingerprint density at radius 3 is 2.59 bits per heavy atom. The zero-order valence-corrected chi connectivity index (χ0v) is 13.3. The van der Waals surface area contributed by atoms with E-state index in [4.69, 9.17) is 4.74 Å². The molecule has 1 aromatic carbocycles. The highest BCUT2D eigenvalue weighted by Gasteiger charge is 2.42. The van der Waals surface area contributed by atoms with Crippen molar-refractivity contribution in [1.29, 1.82) is 0 Å². The van der Waals surface area contributed by atoms with Crippen molar-refractivity contribution >= 4 is 5.91 Å². The molecule has 0 unspecified atom stereocenters. The maximum absolute atomic E-state index is 12.7. The van der Waals surface area contributed by atoms with E-state index in [9.17, 15) is 4.79 Å². The molecule has 22 heavy (non-hydrogen) atoms. The predicted octanol–water partition coefficient (Wildman–Crippen LogP) is 2.06. The van der Waals surface area contributed by atoms with Crippen molar-refractivity contribution in [2.24, 2.45) is 5.41 Å². The standard InChI is InChI=1S/C18H26N2O2/c1-22-13-18(7-9-19-10-8-18)17(21)20-16-11-15(12-16)14-5-3-2-4-6-14/h2-6,15-16,19H,7-13H2,1H3,(H,20,21). The van der Waals surface area contributed by atoms with Crippen molar-refractivity contribution in [3.8, 4) is 0 Å². The lowest BCUT2D eigenvalue weighted by atomic mass is 9.74. The topological polar surface area (TPSA) is 50.4 Å². The molecule has 3 rings (SSSR count). The van der Waals surface area contributed by atoms with Crippen LogP contribution in [0.5, 0.6) is 0 Å². The van der Waals surface area contributed by atoms with E-state index in [-0.39, 0.29) is 11.3 Å². The molecule has 1 saturated carbocycles. The van der Waals surface area contributed by atoms with E-state index in [2.05, 4.69) is 34.9 Å². The Morgan fingerprint density at radius 2 is 1.95 bits per heavy atom. The second kappa shape index (κ2) is 6.80. The monoisotopic (exact) mass is 302 g/mol. The van der Waals surface area contributed by atoms with Crippen LogP contribution in [-0.4, -0.2) is 38.8 Å². The van der Waals surface area contributed by atoms with E-state index < -0.39 is 0 Å². The van der Waals surface area contributed by atoms with Crippen LogP contribution in [0.25, 0.3) is 0 Å². The molecule has 2 aliphatic rings. The molecule has 1 aliphatic heterocycles. The van der Waals surface area contributed by atoms with Gasteiger partial charge in [-0.25, -0.2) is 0 Å². The second-order valence-electron chi connectivity index (χ2n) is 6.71. The molecule has 120 valence electrons. The maximum atomic E-state index is 12.7. The van der Waals surface area contributed by atoms with Crippen LogP contribution < -0.4 is 10.6 Å². The fourth-order valence-electron chi connectivity index (χ4n) is 3.69. The molecule has 4 heteroatoms. The lowest BCUT2D eigenvalue weighted by Crippen LogP contribution is -2.54. The summed E-state index contributed by atoms with van der Waals surface area (Å²) in [4.78, 5) is 12.7. The number of nitrogens with one attached hydrogen (secondary N) is 2. The molecular weight excluding hydrogens is 276 g/mol. The van der Waals surface area contributed by atoms with Gasteiger partial charge in [-0.2, -0.15) is 0 Å². The van der Waals surface area contributed by atoms with Gasteiger partial charge in [0.25, 0.3) is 0 Å². The zero-order valence-electron chi connectivity index (χ0n) is 13.3. The van der Waals surface area contributed by atoms with E-state index in [1.807, 2.05) is 6.07 Å². The quantitative estimate of drug-likeness (QED) is 0.875. The largest absolute Gasteiger partial charge is 0.384 e. The van der Waals surface area contributed by atoms with Crippen LogP contribution in [0.3, 0.4) is 0 Å². The van der Waals surface area contributed by atoms with E-state index in [1.165, 1.54) is 5.56 Å². The van der Waals surface area contributed by atoms with Crippen molar-refractivity contribution in [2.45, 2.75) is 37.6 Å². The molecule has 4 nitrogen and oxygen atoms in total. The van der Waals surface area contributed by atoms with Gasteiger partial charge in [0.2, 0.25) is 5.91 Å². The number of hydrogen-bond acceptors (Lipinski definition) is 3. The molecule has 1 saturated heterocycles. The third kappa shape index (κ3) is 3.18. The summed E-state index contributed by atoms with van der Waals surface area (Å²) in [7, 11) is 1.69. The molecular formula is C18H26N2O2. The number of piperidine rings is 1. The molecule has 1 heterocycles. The highest BCUT2D eigenvalue weighted by molar-refractivity contribution is 5.83. The van der Waals surface area contributed by atoms with E-state index >= 15 is 0 Å². The number of benzene rings is 1. The van der Waals surface area contributed by atoms with Gasteiger partial charge in [-0.3, -0.25) is 4.79 Å². The van der Waals surface area contributed by atoms with Gasteiger partial charge in [0.1, 0.15) is 0 Å². The second-order valence-corrected chi connectivity index (χ2v) is 6.71. The number of amides is 1. The first-order chi connectivity index (χ1) is 10.7. The average Bonchev–Trinajstić information content (AvgIpc) is 2.52. The Kier molecular flexibility index (Phi) is 4.79. The van der Waals surface area contributed by atoms with E-state index in [0.717, 1.165) is 38.8 Å². The first kappa shape index (κ1) is 15.5. The SMILES string of the molecule is COCC1(C(=O)NC2CC(c3ccccc3)C2)CCNCC1. The molecule has 0 bridgehead atoms. The summed E-state index contributed by atoms with van der Waals surface area (Å²) >= 11 is 0. The number of hydrogen-bond donors (Lipinski definition) is 2. The molecule has 1 aliphatic carbocycles. The fraction of sp³-hybridized carbons (Fsp3) is 0.611. The van der Waals surface area contributed by atoms with Gasteiger partial charge in [0.15, 0.2) is 0 Å². The van der Waals surface area contributed by atoms with Crippen LogP contribution in [0, 0.1) is 5.41 Å². The van der Waals surface area contributed by atoms with Gasteiger partial charge in [-0.15, -0.1) is 0 Å².